The predicted octanol–water partition coefficient (Wildman–Crippen LogP) is 2.51. The maximum Gasteiger partial charge on any atom is 0.249 e. The SMILES string of the molecule is O=C(Nc1ccc([C@H]2OCC(=O)N(Cc3ccccc3)[C@@H]2CO)cc1)C1CCOCC1. The van der Waals surface area contributed by atoms with Crippen LogP contribution in [0, 0.1) is 5.92 Å². The smallest absolute Gasteiger partial charge is 0.249 e. The number of nitrogens with one attached hydrogen (secondary N) is 1. The summed E-state index contributed by atoms with van der Waals surface area (Å²) in [4.78, 5) is 26.6. The molecule has 4 rings (SSSR count). The van der Waals surface area contributed by atoms with Gasteiger partial charge in [-0.1, -0.05) is 42.5 Å². The number of hydrogen-bond donors (Lipinski definition) is 2. The van der Waals surface area contributed by atoms with Gasteiger partial charge in [-0.3, -0.25) is 9.59 Å². The molecule has 2 N–H and O–H groups in total. The van der Waals surface area contributed by atoms with Gasteiger partial charge in [-0.2, -0.15) is 0 Å². The lowest BCUT2D eigenvalue weighted by Crippen LogP contribution is -2.52. The fourth-order valence-electron chi connectivity index (χ4n) is 4.16. The minimum absolute atomic E-state index is 0.0119. The minimum atomic E-state index is -0.482. The number of aliphatic hydroxyl groups is 1. The molecule has 2 heterocycles. The molecule has 0 saturated carbocycles. The van der Waals surface area contributed by atoms with Crippen LogP contribution in [0.3, 0.4) is 0 Å². The van der Waals surface area contributed by atoms with E-state index in [2.05, 4.69) is 5.32 Å². The molecule has 0 unspecified atom stereocenters. The molecule has 2 amide bonds. The number of carbonyl (C=O) groups is 2. The molecule has 7 heteroatoms. The Morgan fingerprint density at radius 1 is 1.06 bits per heavy atom. The van der Waals surface area contributed by atoms with Crippen LogP contribution in [0.25, 0.3) is 0 Å². The number of rotatable bonds is 6. The lowest BCUT2D eigenvalue weighted by Gasteiger charge is -2.40. The third-order valence-corrected chi connectivity index (χ3v) is 5.94. The summed E-state index contributed by atoms with van der Waals surface area (Å²) in [5, 5.41) is 13.0. The van der Waals surface area contributed by atoms with Gasteiger partial charge < -0.3 is 24.8 Å². The predicted molar refractivity (Wildman–Crippen MR) is 115 cm³/mol. The average molecular weight is 424 g/mol. The van der Waals surface area contributed by atoms with Gasteiger partial charge in [0.15, 0.2) is 0 Å². The van der Waals surface area contributed by atoms with Gasteiger partial charge in [-0.05, 0) is 36.1 Å². The molecular weight excluding hydrogens is 396 g/mol. The van der Waals surface area contributed by atoms with Gasteiger partial charge in [0.25, 0.3) is 0 Å². The van der Waals surface area contributed by atoms with E-state index >= 15 is 0 Å². The van der Waals surface area contributed by atoms with Crippen molar-refractivity contribution in [3.05, 3.63) is 65.7 Å². The molecule has 2 atom stereocenters. The molecule has 2 aliphatic rings. The molecule has 164 valence electrons. The van der Waals surface area contributed by atoms with E-state index in [1.807, 2.05) is 54.6 Å². The van der Waals surface area contributed by atoms with Crippen molar-refractivity contribution in [2.24, 2.45) is 5.92 Å². The zero-order chi connectivity index (χ0) is 21.6. The van der Waals surface area contributed by atoms with Crippen LogP contribution in [-0.2, 0) is 25.6 Å². The van der Waals surface area contributed by atoms with E-state index in [4.69, 9.17) is 9.47 Å². The Hall–Kier alpha value is -2.74. The molecule has 0 bridgehead atoms. The van der Waals surface area contributed by atoms with Crippen molar-refractivity contribution in [2.75, 3.05) is 31.7 Å². The van der Waals surface area contributed by atoms with Crippen LogP contribution in [-0.4, -0.2) is 54.3 Å². The van der Waals surface area contributed by atoms with Gasteiger partial charge in [0.2, 0.25) is 11.8 Å². The second-order valence-electron chi connectivity index (χ2n) is 7.99. The minimum Gasteiger partial charge on any atom is -0.394 e. The summed E-state index contributed by atoms with van der Waals surface area (Å²) < 4.78 is 11.1. The van der Waals surface area contributed by atoms with E-state index in [1.54, 1.807) is 4.90 Å². The van der Waals surface area contributed by atoms with Gasteiger partial charge in [0, 0.05) is 31.4 Å². The molecule has 0 spiro atoms. The van der Waals surface area contributed by atoms with Crippen LogP contribution in [0.4, 0.5) is 5.69 Å². The molecular formula is C24H28N2O5. The third-order valence-electron chi connectivity index (χ3n) is 5.94. The van der Waals surface area contributed by atoms with Crippen LogP contribution in [0.15, 0.2) is 54.6 Å². The fraction of sp³-hybridized carbons (Fsp3) is 0.417. The first kappa shape index (κ1) is 21.5. The van der Waals surface area contributed by atoms with Crippen molar-refractivity contribution in [3.8, 4) is 0 Å². The van der Waals surface area contributed by atoms with Gasteiger partial charge in [-0.15, -0.1) is 0 Å². The summed E-state index contributed by atoms with van der Waals surface area (Å²) in [6.07, 6.45) is 1.04. The van der Waals surface area contributed by atoms with Crippen LogP contribution in [0.5, 0.6) is 0 Å². The van der Waals surface area contributed by atoms with Crippen molar-refractivity contribution in [2.45, 2.75) is 31.5 Å². The molecule has 2 fully saturated rings. The van der Waals surface area contributed by atoms with Crippen molar-refractivity contribution in [3.63, 3.8) is 0 Å². The number of amides is 2. The second-order valence-corrected chi connectivity index (χ2v) is 7.99. The van der Waals surface area contributed by atoms with Gasteiger partial charge in [0.1, 0.15) is 12.7 Å². The molecule has 7 nitrogen and oxygen atoms in total. The van der Waals surface area contributed by atoms with Crippen LogP contribution < -0.4 is 5.32 Å². The van der Waals surface area contributed by atoms with Crippen LogP contribution in [0.2, 0.25) is 0 Å². The largest absolute Gasteiger partial charge is 0.394 e. The standard InChI is InChI=1S/C24H28N2O5/c27-15-21-23(31-16-22(28)26(21)14-17-4-2-1-3-5-17)18-6-8-20(9-7-18)25-24(29)19-10-12-30-13-11-19/h1-9,19,21,23,27H,10-16H2,(H,25,29)/t21-,23-/m1/s1. The zero-order valence-electron chi connectivity index (χ0n) is 17.4. The van der Waals surface area contributed by atoms with E-state index in [1.165, 1.54) is 0 Å². The molecule has 2 aromatic rings. The molecule has 0 radical (unpaired) electrons. The highest BCUT2D eigenvalue weighted by molar-refractivity contribution is 5.92. The van der Waals surface area contributed by atoms with E-state index in [0.717, 1.165) is 24.0 Å². The van der Waals surface area contributed by atoms with Gasteiger partial charge >= 0.3 is 0 Å². The summed E-state index contributed by atoms with van der Waals surface area (Å²) in [6, 6.07) is 16.7. The van der Waals surface area contributed by atoms with E-state index in [9.17, 15) is 14.7 Å². The summed E-state index contributed by atoms with van der Waals surface area (Å²) in [6.45, 7) is 1.43. The Morgan fingerprint density at radius 2 is 1.77 bits per heavy atom. The number of nitrogens with zero attached hydrogens (tertiary/aromatic N) is 1. The number of benzene rings is 2. The highest BCUT2D eigenvalue weighted by Gasteiger charge is 2.37. The van der Waals surface area contributed by atoms with Crippen molar-refractivity contribution < 1.29 is 24.2 Å². The Balaban J connectivity index is 1.45. The third kappa shape index (κ3) is 5.12. The quantitative estimate of drug-likeness (QED) is 0.744. The average Bonchev–Trinajstić information content (AvgIpc) is 2.82. The maximum absolute atomic E-state index is 12.5. The van der Waals surface area contributed by atoms with Crippen molar-refractivity contribution in [1.82, 2.24) is 4.90 Å². The number of hydrogen-bond acceptors (Lipinski definition) is 5. The summed E-state index contributed by atoms with van der Waals surface area (Å²) in [5.74, 6) is -0.149. The fourth-order valence-corrected chi connectivity index (χ4v) is 4.16. The first-order valence-corrected chi connectivity index (χ1v) is 10.7. The van der Waals surface area contributed by atoms with Crippen LogP contribution >= 0.6 is 0 Å². The first-order chi connectivity index (χ1) is 15.2. The number of aliphatic hydroxyl groups excluding tert-OH is 1. The van der Waals surface area contributed by atoms with Gasteiger partial charge in [0.05, 0.1) is 12.6 Å². The van der Waals surface area contributed by atoms with Crippen molar-refractivity contribution >= 4 is 17.5 Å². The topological polar surface area (TPSA) is 88.1 Å². The summed E-state index contributed by atoms with van der Waals surface area (Å²) >= 11 is 0. The van der Waals surface area contributed by atoms with E-state index in [0.29, 0.717) is 25.4 Å². The maximum atomic E-state index is 12.5. The molecule has 2 aromatic carbocycles. The monoisotopic (exact) mass is 424 g/mol. The highest BCUT2D eigenvalue weighted by Crippen LogP contribution is 2.31. The molecule has 0 aromatic heterocycles. The molecule has 31 heavy (non-hydrogen) atoms. The molecule has 2 aliphatic heterocycles. The summed E-state index contributed by atoms with van der Waals surface area (Å²) in [5.41, 5.74) is 2.57. The number of ether oxygens (including phenoxy) is 2. The van der Waals surface area contributed by atoms with Gasteiger partial charge in [-0.25, -0.2) is 0 Å². The second kappa shape index (κ2) is 10.0. The Labute approximate surface area is 182 Å². The Kier molecular flexibility index (Phi) is 6.96. The lowest BCUT2D eigenvalue weighted by atomic mass is 9.97. The zero-order valence-corrected chi connectivity index (χ0v) is 17.4. The van der Waals surface area contributed by atoms with Crippen molar-refractivity contribution in [1.29, 1.82) is 0 Å². The van der Waals surface area contributed by atoms with E-state index < -0.39 is 12.1 Å². The Bertz CT molecular complexity index is 881. The lowest BCUT2D eigenvalue weighted by molar-refractivity contribution is -0.162. The molecule has 2 saturated heterocycles. The highest BCUT2D eigenvalue weighted by atomic mass is 16.5. The van der Waals surface area contributed by atoms with E-state index in [-0.39, 0.29) is 30.9 Å². The normalized spacial score (nSPS) is 22.4. The number of carbonyl (C=O) groups excluding carboxylic acids is 2. The molecule has 0 aliphatic carbocycles. The first-order valence-electron chi connectivity index (χ1n) is 10.7. The Morgan fingerprint density at radius 3 is 2.45 bits per heavy atom. The summed E-state index contributed by atoms with van der Waals surface area (Å²) in [7, 11) is 0. The number of morpholine rings is 1. The van der Waals surface area contributed by atoms with Crippen LogP contribution in [0.1, 0.15) is 30.1 Å². The number of anilines is 1.